The van der Waals surface area contributed by atoms with Gasteiger partial charge in [-0.05, 0) is 81.8 Å². The lowest BCUT2D eigenvalue weighted by Gasteiger charge is -2.42. The molecule has 7 atom stereocenters. The lowest BCUT2D eigenvalue weighted by Crippen LogP contribution is -2.49. The molecule has 8 heteroatoms. The van der Waals surface area contributed by atoms with Crippen LogP contribution in [0.1, 0.15) is 45.4 Å². The van der Waals surface area contributed by atoms with E-state index >= 15 is 0 Å². The zero-order valence-corrected chi connectivity index (χ0v) is 20.7. The zero-order valence-electron chi connectivity index (χ0n) is 20.7. The number of amides is 1. The van der Waals surface area contributed by atoms with Crippen LogP contribution in [0.5, 0.6) is 0 Å². The van der Waals surface area contributed by atoms with E-state index in [1.165, 1.54) is 12.8 Å². The van der Waals surface area contributed by atoms with E-state index in [1.54, 1.807) is 7.11 Å². The Morgan fingerprint density at radius 3 is 2.79 bits per heavy atom. The first-order valence-electron chi connectivity index (χ1n) is 13.0. The fraction of sp³-hybridized carbons (Fsp3) is 0.840. The number of carbonyl (C=O) groups is 1. The van der Waals surface area contributed by atoms with E-state index in [0.29, 0.717) is 41.9 Å². The molecule has 4 N–H and O–H groups in total. The second kappa shape index (κ2) is 11.2. The van der Waals surface area contributed by atoms with E-state index in [4.69, 9.17) is 10.1 Å². The summed E-state index contributed by atoms with van der Waals surface area (Å²) in [5.74, 6) is 2.64. The SMILES string of the molecule is COC1CCNC(CNC(=O)C2CC(Cn3ccn(C)c3=N)CC(C3CCNCC3C)C2)C1. The Morgan fingerprint density at radius 1 is 1.21 bits per heavy atom. The van der Waals surface area contributed by atoms with E-state index in [1.807, 2.05) is 28.6 Å². The van der Waals surface area contributed by atoms with Crippen molar-refractivity contribution in [1.29, 1.82) is 5.41 Å². The summed E-state index contributed by atoms with van der Waals surface area (Å²) in [6.45, 7) is 7.00. The molecule has 2 aliphatic heterocycles. The zero-order chi connectivity index (χ0) is 23.4. The highest BCUT2D eigenvalue weighted by Crippen LogP contribution is 2.42. The minimum Gasteiger partial charge on any atom is -0.381 e. The maximum absolute atomic E-state index is 13.3. The van der Waals surface area contributed by atoms with E-state index in [9.17, 15) is 4.79 Å². The molecular formula is C25H44N6O2. The molecule has 0 aromatic carbocycles. The van der Waals surface area contributed by atoms with Crippen LogP contribution in [-0.2, 0) is 23.1 Å². The van der Waals surface area contributed by atoms with Gasteiger partial charge in [-0.3, -0.25) is 10.2 Å². The molecule has 7 unspecified atom stereocenters. The average molecular weight is 461 g/mol. The number of aryl methyl sites for hydroxylation is 1. The maximum atomic E-state index is 13.3. The molecule has 1 aromatic heterocycles. The summed E-state index contributed by atoms with van der Waals surface area (Å²) in [6, 6.07) is 0.290. The molecular weight excluding hydrogens is 416 g/mol. The van der Waals surface area contributed by atoms with E-state index in [2.05, 4.69) is 22.9 Å². The summed E-state index contributed by atoms with van der Waals surface area (Å²) < 4.78 is 9.44. The van der Waals surface area contributed by atoms with Crippen molar-refractivity contribution in [3.8, 4) is 0 Å². The van der Waals surface area contributed by atoms with Crippen molar-refractivity contribution in [2.45, 2.75) is 64.1 Å². The van der Waals surface area contributed by atoms with Gasteiger partial charge in [-0.1, -0.05) is 6.92 Å². The Hall–Kier alpha value is -1.64. The second-order valence-corrected chi connectivity index (χ2v) is 10.8. The van der Waals surface area contributed by atoms with Crippen LogP contribution >= 0.6 is 0 Å². The first-order valence-corrected chi connectivity index (χ1v) is 13.0. The lowest BCUT2D eigenvalue weighted by atomic mass is 9.65. The van der Waals surface area contributed by atoms with Gasteiger partial charge in [-0.15, -0.1) is 0 Å². The topological polar surface area (TPSA) is 96.1 Å². The second-order valence-electron chi connectivity index (χ2n) is 10.8. The highest BCUT2D eigenvalue weighted by Gasteiger charge is 2.39. The van der Waals surface area contributed by atoms with Crippen molar-refractivity contribution in [3.05, 3.63) is 18.0 Å². The fourth-order valence-electron chi connectivity index (χ4n) is 6.59. The van der Waals surface area contributed by atoms with Crippen molar-refractivity contribution >= 4 is 5.91 Å². The Labute approximate surface area is 198 Å². The Bertz CT molecular complexity index is 835. The Morgan fingerprint density at radius 2 is 2.06 bits per heavy atom. The summed E-state index contributed by atoms with van der Waals surface area (Å²) in [6.07, 6.45) is 10.5. The molecule has 3 fully saturated rings. The van der Waals surface area contributed by atoms with E-state index in [0.717, 1.165) is 51.9 Å². The number of nitrogens with one attached hydrogen (secondary N) is 4. The number of rotatable bonds is 7. The number of methoxy groups -OCH3 is 1. The van der Waals surface area contributed by atoms with Gasteiger partial charge < -0.3 is 29.8 Å². The van der Waals surface area contributed by atoms with Crippen molar-refractivity contribution in [1.82, 2.24) is 25.1 Å². The quantitative estimate of drug-likeness (QED) is 0.495. The van der Waals surface area contributed by atoms with Crippen molar-refractivity contribution in [2.75, 3.05) is 33.3 Å². The predicted octanol–water partition coefficient (Wildman–Crippen LogP) is 1.47. The number of ether oxygens (including phenoxy) is 1. The van der Waals surface area contributed by atoms with Crippen LogP contribution < -0.4 is 21.6 Å². The summed E-state index contributed by atoms with van der Waals surface area (Å²) >= 11 is 0. The van der Waals surface area contributed by atoms with Gasteiger partial charge in [-0.25, -0.2) is 0 Å². The molecule has 0 bridgehead atoms. The molecule has 1 aromatic rings. The third kappa shape index (κ3) is 6.08. The molecule has 1 aliphatic carbocycles. The largest absolute Gasteiger partial charge is 0.381 e. The van der Waals surface area contributed by atoms with Crippen LogP contribution in [0.3, 0.4) is 0 Å². The minimum absolute atomic E-state index is 0.0659. The summed E-state index contributed by atoms with van der Waals surface area (Å²) in [7, 11) is 3.70. The van der Waals surface area contributed by atoms with Crippen LogP contribution in [-0.4, -0.2) is 60.5 Å². The van der Waals surface area contributed by atoms with E-state index < -0.39 is 0 Å². The number of imidazole rings is 1. The number of hydrogen-bond donors (Lipinski definition) is 4. The molecule has 0 radical (unpaired) electrons. The lowest BCUT2D eigenvalue weighted by molar-refractivity contribution is -0.128. The van der Waals surface area contributed by atoms with E-state index in [-0.39, 0.29) is 17.9 Å². The highest BCUT2D eigenvalue weighted by atomic mass is 16.5. The summed E-state index contributed by atoms with van der Waals surface area (Å²) in [4.78, 5) is 13.3. The molecule has 33 heavy (non-hydrogen) atoms. The smallest absolute Gasteiger partial charge is 0.223 e. The third-order valence-electron chi connectivity index (χ3n) is 8.50. The van der Waals surface area contributed by atoms with Crippen LogP contribution in [0.2, 0.25) is 0 Å². The average Bonchev–Trinajstić information content (AvgIpc) is 3.15. The molecule has 0 spiro atoms. The number of aromatic nitrogens is 2. The van der Waals surface area contributed by atoms with Gasteiger partial charge in [0.05, 0.1) is 6.10 Å². The third-order valence-corrected chi connectivity index (χ3v) is 8.50. The van der Waals surface area contributed by atoms with Gasteiger partial charge in [-0.2, -0.15) is 0 Å². The molecule has 3 aliphatic rings. The van der Waals surface area contributed by atoms with Gasteiger partial charge in [0.25, 0.3) is 0 Å². The monoisotopic (exact) mass is 460 g/mol. The van der Waals surface area contributed by atoms with Gasteiger partial charge >= 0.3 is 0 Å². The normalized spacial score (nSPS) is 35.3. The Balaban J connectivity index is 1.41. The van der Waals surface area contributed by atoms with Gasteiger partial charge in [0.2, 0.25) is 11.5 Å². The Kier molecular flexibility index (Phi) is 8.30. The van der Waals surface area contributed by atoms with Crippen molar-refractivity contribution in [3.63, 3.8) is 0 Å². The summed E-state index contributed by atoms with van der Waals surface area (Å²) in [5, 5.41) is 18.7. The first-order chi connectivity index (χ1) is 15.9. The first kappa shape index (κ1) is 24.5. The molecule has 2 saturated heterocycles. The predicted molar refractivity (Wildman–Crippen MR) is 129 cm³/mol. The number of piperidine rings is 2. The molecule has 1 saturated carbocycles. The van der Waals surface area contributed by atoms with Crippen LogP contribution in [0.25, 0.3) is 0 Å². The summed E-state index contributed by atoms with van der Waals surface area (Å²) in [5.41, 5.74) is 0.532. The number of nitrogens with zero attached hydrogens (tertiary/aromatic N) is 2. The molecule has 8 nitrogen and oxygen atoms in total. The molecule has 3 heterocycles. The fourth-order valence-corrected chi connectivity index (χ4v) is 6.59. The maximum Gasteiger partial charge on any atom is 0.223 e. The highest BCUT2D eigenvalue weighted by molar-refractivity contribution is 5.78. The number of carbonyl (C=O) groups excluding carboxylic acids is 1. The van der Waals surface area contributed by atoms with Gasteiger partial charge in [0, 0.05) is 51.6 Å². The van der Waals surface area contributed by atoms with Crippen molar-refractivity contribution < 1.29 is 9.53 Å². The standard InChI is InChI=1S/C25H44N6O2/c1-17-14-27-6-5-23(17)19-10-18(16-31-9-8-30(2)25(31)26)11-20(12-19)24(32)29-15-21-13-22(33-3)4-7-28-21/h8-9,17-23,26-28H,4-7,10-16H2,1-3H3,(H,29,32). The molecule has 1 amide bonds. The minimum atomic E-state index is 0.0659. The molecule has 4 rings (SSSR count). The van der Waals surface area contributed by atoms with Crippen LogP contribution in [0.4, 0.5) is 0 Å². The molecule has 186 valence electrons. The van der Waals surface area contributed by atoms with Crippen molar-refractivity contribution in [2.24, 2.45) is 36.6 Å². The number of hydrogen-bond acceptors (Lipinski definition) is 5. The van der Waals surface area contributed by atoms with Crippen LogP contribution in [0.15, 0.2) is 12.4 Å². The van der Waals surface area contributed by atoms with Gasteiger partial charge in [0.1, 0.15) is 0 Å². The van der Waals surface area contributed by atoms with Gasteiger partial charge in [0.15, 0.2) is 0 Å². The van der Waals surface area contributed by atoms with Crippen LogP contribution in [0, 0.1) is 35.0 Å².